The molecule has 222 valence electrons. The van der Waals surface area contributed by atoms with E-state index in [4.69, 9.17) is 14.5 Å². The van der Waals surface area contributed by atoms with E-state index in [2.05, 4.69) is 15.1 Å². The normalized spacial score (nSPS) is 20.1. The van der Waals surface area contributed by atoms with Crippen molar-refractivity contribution in [3.05, 3.63) is 58.5 Å². The van der Waals surface area contributed by atoms with Crippen LogP contribution in [-0.4, -0.2) is 75.0 Å². The van der Waals surface area contributed by atoms with E-state index in [-0.39, 0.29) is 18.8 Å². The molecule has 41 heavy (non-hydrogen) atoms. The number of ether oxygens (including phenoxy) is 2. The van der Waals surface area contributed by atoms with E-state index >= 15 is 0 Å². The smallest absolute Gasteiger partial charge is 0.318 e. The van der Waals surface area contributed by atoms with Gasteiger partial charge >= 0.3 is 6.03 Å². The topological polar surface area (TPSA) is 116 Å². The fraction of sp³-hybridized carbons (Fsp3) is 0.536. The van der Waals surface area contributed by atoms with Crippen LogP contribution < -0.4 is 10.0 Å². The lowest BCUT2D eigenvalue weighted by molar-refractivity contribution is -0.0509. The van der Waals surface area contributed by atoms with Crippen LogP contribution in [0.4, 0.5) is 13.6 Å². The Hall–Kier alpha value is -2.84. The van der Waals surface area contributed by atoms with Crippen molar-refractivity contribution in [3.8, 4) is 0 Å². The molecule has 1 aliphatic carbocycles. The van der Waals surface area contributed by atoms with Gasteiger partial charge in [0.15, 0.2) is 10.5 Å². The number of nitrogens with one attached hydrogen (secondary N) is 2. The van der Waals surface area contributed by atoms with Crippen LogP contribution >= 0.6 is 0 Å². The second-order valence-electron chi connectivity index (χ2n) is 11.0. The number of nitrogens with zero attached hydrogens (tertiary/aromatic N) is 4. The summed E-state index contributed by atoms with van der Waals surface area (Å²) < 4.78 is 58.3. The van der Waals surface area contributed by atoms with E-state index in [9.17, 15) is 18.1 Å². The third kappa shape index (κ3) is 6.64. The second kappa shape index (κ2) is 11.8. The molecular formula is C28H36F2N6O4S. The van der Waals surface area contributed by atoms with Crippen molar-refractivity contribution in [3.63, 3.8) is 0 Å². The average molecular weight is 591 g/mol. The van der Waals surface area contributed by atoms with Crippen LogP contribution in [0.5, 0.6) is 0 Å². The molecule has 2 amide bonds. The van der Waals surface area contributed by atoms with E-state index < -0.39 is 48.5 Å². The molecule has 0 bridgehead atoms. The molecule has 0 spiro atoms. The van der Waals surface area contributed by atoms with E-state index in [0.717, 1.165) is 39.3 Å². The van der Waals surface area contributed by atoms with Gasteiger partial charge in [0.05, 0.1) is 67.4 Å². The molecule has 1 aromatic carbocycles. The number of fused-ring (bicyclic) bond motifs is 1. The van der Waals surface area contributed by atoms with Crippen LogP contribution in [0.2, 0.25) is 0 Å². The number of methoxy groups -OCH3 is 1. The molecule has 13 heteroatoms. The molecule has 5 rings (SSSR count). The third-order valence-corrected chi connectivity index (χ3v) is 8.83. The van der Waals surface area contributed by atoms with Crippen LogP contribution in [0.15, 0.2) is 35.5 Å². The SMILES string of the molecule is COC[C@H](c1cnn2cc([C@@H](N[S+]([O-])c3c(C)cc(C)cc3C)C(C)OC3CC3)nc2c1)N1CC(F)(F)CNC1=O. The predicted molar refractivity (Wildman–Crippen MR) is 149 cm³/mol. The molecule has 2 fully saturated rings. The Morgan fingerprint density at radius 1 is 1.24 bits per heavy atom. The number of aryl methyl sites for hydroxylation is 3. The van der Waals surface area contributed by atoms with Gasteiger partial charge in [-0.3, -0.25) is 0 Å². The monoisotopic (exact) mass is 590 g/mol. The highest BCUT2D eigenvalue weighted by atomic mass is 32.2. The van der Waals surface area contributed by atoms with E-state index in [1.165, 1.54) is 13.3 Å². The summed E-state index contributed by atoms with van der Waals surface area (Å²) in [6.45, 7) is 6.38. The third-order valence-electron chi connectivity index (χ3n) is 7.35. The van der Waals surface area contributed by atoms with Gasteiger partial charge < -0.3 is 24.2 Å². The van der Waals surface area contributed by atoms with Gasteiger partial charge in [-0.15, -0.1) is 4.72 Å². The molecule has 1 saturated heterocycles. The first kappa shape index (κ1) is 29.6. The van der Waals surface area contributed by atoms with E-state index in [1.807, 2.05) is 39.8 Å². The summed E-state index contributed by atoms with van der Waals surface area (Å²) in [5, 5.41) is 6.71. The summed E-state index contributed by atoms with van der Waals surface area (Å²) >= 11 is -1.55. The van der Waals surface area contributed by atoms with E-state index in [0.29, 0.717) is 16.9 Å². The van der Waals surface area contributed by atoms with Crippen LogP contribution in [-0.2, 0) is 20.8 Å². The minimum atomic E-state index is -3.07. The maximum absolute atomic E-state index is 14.2. The lowest BCUT2D eigenvalue weighted by atomic mass is 10.1. The fourth-order valence-electron chi connectivity index (χ4n) is 5.32. The summed E-state index contributed by atoms with van der Waals surface area (Å²) in [6, 6.07) is 3.80. The number of amides is 2. The van der Waals surface area contributed by atoms with Gasteiger partial charge in [-0.2, -0.15) is 5.10 Å². The first-order valence-electron chi connectivity index (χ1n) is 13.6. The predicted octanol–water partition coefficient (Wildman–Crippen LogP) is 3.92. The number of benzene rings is 1. The highest BCUT2D eigenvalue weighted by Crippen LogP contribution is 2.32. The molecule has 4 atom stereocenters. The zero-order valence-electron chi connectivity index (χ0n) is 23.8. The van der Waals surface area contributed by atoms with E-state index in [1.54, 1.807) is 16.8 Å². The standard InChI is InChI=1S/C28H36F2N6O4S/c1-16-8-17(2)26(18(3)9-16)41(38)34-25(19(4)40-21-6-7-21)22-12-36-24(33-22)10-20(11-32-36)23(13-39-5)35-15-28(29,30)14-31-27(35)37/h8-12,19,21,23,25,34H,6-7,13-15H2,1-5H3,(H,31,37)/t19?,23-,25+,41?/m1/s1. The van der Waals surface area contributed by atoms with Crippen LogP contribution in [0.25, 0.3) is 5.65 Å². The second-order valence-corrected chi connectivity index (χ2v) is 12.2. The summed E-state index contributed by atoms with van der Waals surface area (Å²) in [7, 11) is 1.45. The zero-order valence-corrected chi connectivity index (χ0v) is 24.6. The fourth-order valence-corrected chi connectivity index (χ4v) is 6.68. The van der Waals surface area contributed by atoms with Crippen LogP contribution in [0, 0.1) is 20.8 Å². The Labute approximate surface area is 241 Å². The molecule has 2 unspecified atom stereocenters. The number of carbonyl (C=O) groups is 1. The summed E-state index contributed by atoms with van der Waals surface area (Å²) in [5.74, 6) is -3.07. The Balaban J connectivity index is 1.46. The lowest BCUT2D eigenvalue weighted by Crippen LogP contribution is -2.58. The average Bonchev–Trinajstić information content (AvgIpc) is 3.61. The quantitative estimate of drug-likeness (QED) is 0.325. The minimum absolute atomic E-state index is 0.000401. The number of halogens is 2. The van der Waals surface area contributed by atoms with Gasteiger partial charge in [-0.1, -0.05) is 17.7 Å². The molecule has 2 aromatic heterocycles. The van der Waals surface area contributed by atoms with Crippen LogP contribution in [0.3, 0.4) is 0 Å². The Bertz CT molecular complexity index is 1390. The van der Waals surface area contributed by atoms with Crippen molar-refractivity contribution in [1.29, 1.82) is 0 Å². The number of rotatable bonds is 11. The van der Waals surface area contributed by atoms with Crippen molar-refractivity contribution in [2.24, 2.45) is 0 Å². The number of carbonyl (C=O) groups excluding carboxylic acids is 1. The van der Waals surface area contributed by atoms with Gasteiger partial charge in [0.25, 0.3) is 5.92 Å². The Morgan fingerprint density at radius 2 is 1.95 bits per heavy atom. The molecule has 2 aliphatic rings. The maximum atomic E-state index is 14.2. The maximum Gasteiger partial charge on any atom is 0.318 e. The Morgan fingerprint density at radius 3 is 2.61 bits per heavy atom. The van der Waals surface area contributed by atoms with Gasteiger partial charge in [0.1, 0.15) is 6.04 Å². The molecular weight excluding hydrogens is 554 g/mol. The number of imidazole rings is 1. The van der Waals surface area contributed by atoms with Gasteiger partial charge in [0, 0.05) is 23.8 Å². The van der Waals surface area contributed by atoms with Crippen LogP contribution in [0.1, 0.15) is 59.8 Å². The van der Waals surface area contributed by atoms with Crippen molar-refractivity contribution in [2.75, 3.05) is 26.8 Å². The zero-order chi connectivity index (χ0) is 29.5. The molecule has 3 heterocycles. The van der Waals surface area contributed by atoms with Gasteiger partial charge in [-0.25, -0.2) is 23.1 Å². The van der Waals surface area contributed by atoms with Crippen molar-refractivity contribution < 1.29 is 27.6 Å². The first-order valence-corrected chi connectivity index (χ1v) is 14.8. The summed E-state index contributed by atoms with van der Waals surface area (Å²) in [5.41, 5.74) is 4.49. The first-order chi connectivity index (χ1) is 19.5. The highest BCUT2D eigenvalue weighted by Gasteiger charge is 2.42. The van der Waals surface area contributed by atoms with Gasteiger partial charge in [-0.05, 0) is 46.6 Å². The van der Waals surface area contributed by atoms with Crippen molar-refractivity contribution in [2.45, 2.75) is 75.6 Å². The molecule has 1 aliphatic heterocycles. The van der Waals surface area contributed by atoms with Crippen molar-refractivity contribution >= 4 is 23.0 Å². The molecule has 2 N–H and O–H groups in total. The number of hydrogen-bond donors (Lipinski definition) is 2. The summed E-state index contributed by atoms with van der Waals surface area (Å²) in [6.07, 6.45) is 5.04. The molecule has 1 saturated carbocycles. The summed E-state index contributed by atoms with van der Waals surface area (Å²) in [4.78, 5) is 19.1. The van der Waals surface area contributed by atoms with Crippen molar-refractivity contribution in [1.82, 2.24) is 29.5 Å². The number of aromatic nitrogens is 3. The largest absolute Gasteiger partial charge is 0.593 e. The van der Waals surface area contributed by atoms with Gasteiger partial charge in [0.2, 0.25) is 0 Å². The number of alkyl halides is 2. The number of urea groups is 1. The lowest BCUT2D eigenvalue weighted by Gasteiger charge is -2.38. The molecule has 0 radical (unpaired) electrons. The minimum Gasteiger partial charge on any atom is -0.593 e. The number of hydrogen-bond acceptors (Lipinski definition) is 7. The Kier molecular flexibility index (Phi) is 8.53. The highest BCUT2D eigenvalue weighted by molar-refractivity contribution is 7.89. The molecule has 3 aromatic rings. The molecule has 10 nitrogen and oxygen atoms in total.